The van der Waals surface area contributed by atoms with Crippen LogP contribution in [0.5, 0.6) is 5.75 Å². The molecule has 0 aromatic heterocycles. The Morgan fingerprint density at radius 3 is 2.40 bits per heavy atom. The van der Waals surface area contributed by atoms with E-state index in [4.69, 9.17) is 4.74 Å². The van der Waals surface area contributed by atoms with Crippen LogP contribution in [0, 0.1) is 11.2 Å². The standard InChI is InChI=1S/C17H26FNO/c1-7-17(5,12-19-16(2,3)4)11-13-8-9-15(20-6)14(18)10-13/h7-10,19H,1,11-12H2,2-6H3. The molecule has 1 atom stereocenters. The molecular formula is C17H26FNO. The molecule has 0 heterocycles. The molecule has 3 heteroatoms. The first-order chi connectivity index (χ1) is 9.19. The number of rotatable bonds is 6. The first-order valence-corrected chi connectivity index (χ1v) is 6.90. The maximum atomic E-state index is 13.7. The van der Waals surface area contributed by atoms with Crippen LogP contribution in [-0.2, 0) is 6.42 Å². The molecule has 1 unspecified atom stereocenters. The highest BCUT2D eigenvalue weighted by Gasteiger charge is 2.23. The summed E-state index contributed by atoms with van der Waals surface area (Å²) >= 11 is 0. The molecule has 0 saturated heterocycles. The number of ether oxygens (including phenoxy) is 1. The van der Waals surface area contributed by atoms with E-state index in [1.807, 2.05) is 12.1 Å². The lowest BCUT2D eigenvalue weighted by Gasteiger charge is -2.31. The van der Waals surface area contributed by atoms with Crippen LogP contribution in [0.4, 0.5) is 4.39 Å². The molecule has 1 aromatic carbocycles. The van der Waals surface area contributed by atoms with Crippen LogP contribution in [0.2, 0.25) is 0 Å². The van der Waals surface area contributed by atoms with Gasteiger partial charge in [0.2, 0.25) is 0 Å². The van der Waals surface area contributed by atoms with E-state index in [0.717, 1.165) is 18.5 Å². The molecule has 0 aliphatic rings. The van der Waals surface area contributed by atoms with Crippen molar-refractivity contribution >= 4 is 0 Å². The summed E-state index contributed by atoms with van der Waals surface area (Å²) < 4.78 is 18.7. The van der Waals surface area contributed by atoms with Gasteiger partial charge in [0.25, 0.3) is 0 Å². The second kappa shape index (κ2) is 6.40. The fraction of sp³-hybridized carbons (Fsp3) is 0.529. The van der Waals surface area contributed by atoms with E-state index in [9.17, 15) is 4.39 Å². The van der Waals surface area contributed by atoms with Crippen LogP contribution in [0.1, 0.15) is 33.3 Å². The Labute approximate surface area is 122 Å². The first-order valence-electron chi connectivity index (χ1n) is 6.90. The van der Waals surface area contributed by atoms with E-state index in [2.05, 4.69) is 39.6 Å². The molecule has 0 amide bonds. The predicted octanol–water partition coefficient (Wildman–Crippen LogP) is 3.96. The molecule has 1 N–H and O–H groups in total. The summed E-state index contributed by atoms with van der Waals surface area (Å²) in [6.45, 7) is 13.2. The van der Waals surface area contributed by atoms with Crippen molar-refractivity contribution in [1.29, 1.82) is 0 Å². The second-order valence-electron chi connectivity index (χ2n) is 6.61. The Morgan fingerprint density at radius 2 is 1.95 bits per heavy atom. The van der Waals surface area contributed by atoms with Gasteiger partial charge in [0, 0.05) is 17.5 Å². The van der Waals surface area contributed by atoms with Crippen LogP contribution < -0.4 is 10.1 Å². The number of benzene rings is 1. The minimum atomic E-state index is -0.319. The van der Waals surface area contributed by atoms with Crippen LogP contribution >= 0.6 is 0 Å². The van der Waals surface area contributed by atoms with Crippen LogP contribution in [0.15, 0.2) is 30.9 Å². The summed E-state index contributed by atoms with van der Waals surface area (Å²) in [4.78, 5) is 0. The van der Waals surface area contributed by atoms with Crippen molar-refractivity contribution in [3.05, 3.63) is 42.2 Å². The van der Waals surface area contributed by atoms with E-state index in [1.165, 1.54) is 13.2 Å². The van der Waals surface area contributed by atoms with Crippen molar-refractivity contribution in [1.82, 2.24) is 5.32 Å². The molecule has 1 aromatic rings. The average molecular weight is 279 g/mol. The molecule has 0 fully saturated rings. The smallest absolute Gasteiger partial charge is 0.165 e. The van der Waals surface area contributed by atoms with Crippen molar-refractivity contribution in [2.24, 2.45) is 5.41 Å². The highest BCUT2D eigenvalue weighted by Crippen LogP contribution is 2.26. The largest absolute Gasteiger partial charge is 0.494 e. The third-order valence-corrected chi connectivity index (χ3v) is 3.34. The lowest BCUT2D eigenvalue weighted by molar-refractivity contribution is 0.322. The molecule has 20 heavy (non-hydrogen) atoms. The van der Waals surface area contributed by atoms with E-state index >= 15 is 0 Å². The van der Waals surface area contributed by atoms with Crippen molar-refractivity contribution in [3.8, 4) is 5.75 Å². The third-order valence-electron chi connectivity index (χ3n) is 3.34. The quantitative estimate of drug-likeness (QED) is 0.796. The lowest BCUT2D eigenvalue weighted by Crippen LogP contribution is -2.43. The number of hydrogen-bond acceptors (Lipinski definition) is 2. The SMILES string of the molecule is C=CC(C)(CNC(C)(C)C)Cc1ccc(OC)c(F)c1. The normalized spacial score (nSPS) is 14.7. The zero-order valence-electron chi connectivity index (χ0n) is 13.2. The highest BCUT2D eigenvalue weighted by atomic mass is 19.1. The van der Waals surface area contributed by atoms with E-state index < -0.39 is 0 Å². The zero-order chi connectivity index (χ0) is 15.4. The van der Waals surface area contributed by atoms with Crippen molar-refractivity contribution in [3.63, 3.8) is 0 Å². The van der Waals surface area contributed by atoms with Gasteiger partial charge in [-0.15, -0.1) is 6.58 Å². The summed E-state index contributed by atoms with van der Waals surface area (Å²) in [6, 6.07) is 5.11. The van der Waals surface area contributed by atoms with E-state index in [-0.39, 0.29) is 22.5 Å². The molecule has 0 aliphatic heterocycles. The minimum absolute atomic E-state index is 0.0510. The predicted molar refractivity (Wildman–Crippen MR) is 82.7 cm³/mol. The molecule has 0 spiro atoms. The number of nitrogens with one attached hydrogen (secondary N) is 1. The van der Waals surface area contributed by atoms with Gasteiger partial charge in [-0.25, -0.2) is 4.39 Å². The highest BCUT2D eigenvalue weighted by molar-refractivity contribution is 5.30. The molecule has 0 bridgehead atoms. The van der Waals surface area contributed by atoms with Gasteiger partial charge in [0.05, 0.1) is 7.11 Å². The Kier molecular flexibility index (Phi) is 5.35. The maximum absolute atomic E-state index is 13.7. The molecule has 1 rings (SSSR count). The van der Waals surface area contributed by atoms with Gasteiger partial charge in [-0.3, -0.25) is 0 Å². The summed E-state index contributed by atoms with van der Waals surface area (Å²) in [7, 11) is 1.47. The summed E-state index contributed by atoms with van der Waals surface area (Å²) in [5.74, 6) is -0.0398. The fourth-order valence-electron chi connectivity index (χ4n) is 1.96. The molecule has 0 saturated carbocycles. The Hall–Kier alpha value is -1.35. The van der Waals surface area contributed by atoms with Gasteiger partial charge in [0.15, 0.2) is 11.6 Å². The lowest BCUT2D eigenvalue weighted by atomic mass is 9.83. The maximum Gasteiger partial charge on any atom is 0.165 e. The molecule has 0 radical (unpaired) electrons. The van der Waals surface area contributed by atoms with Gasteiger partial charge < -0.3 is 10.1 Å². The van der Waals surface area contributed by atoms with Gasteiger partial charge in [-0.1, -0.05) is 19.1 Å². The van der Waals surface area contributed by atoms with Gasteiger partial charge in [0.1, 0.15) is 0 Å². The van der Waals surface area contributed by atoms with Gasteiger partial charge >= 0.3 is 0 Å². The number of hydrogen-bond donors (Lipinski definition) is 1. The van der Waals surface area contributed by atoms with Gasteiger partial charge in [-0.2, -0.15) is 0 Å². The summed E-state index contributed by atoms with van der Waals surface area (Å²) in [5.41, 5.74) is 0.880. The Morgan fingerprint density at radius 1 is 1.30 bits per heavy atom. The third kappa shape index (κ3) is 4.97. The van der Waals surface area contributed by atoms with Crippen LogP contribution in [0.25, 0.3) is 0 Å². The molecule has 0 aliphatic carbocycles. The molecular weight excluding hydrogens is 253 g/mol. The summed E-state index contributed by atoms with van der Waals surface area (Å²) in [5, 5.41) is 3.48. The number of methoxy groups -OCH3 is 1. The topological polar surface area (TPSA) is 21.3 Å². The zero-order valence-corrected chi connectivity index (χ0v) is 13.2. The van der Waals surface area contributed by atoms with Crippen molar-refractivity contribution < 1.29 is 9.13 Å². The summed E-state index contributed by atoms with van der Waals surface area (Å²) in [6.07, 6.45) is 2.67. The molecule has 112 valence electrons. The average Bonchev–Trinajstić information content (AvgIpc) is 2.36. The number of halogens is 1. The Balaban J connectivity index is 2.82. The van der Waals surface area contributed by atoms with E-state index in [1.54, 1.807) is 6.07 Å². The first kappa shape index (κ1) is 16.7. The molecule has 2 nitrogen and oxygen atoms in total. The monoisotopic (exact) mass is 279 g/mol. The minimum Gasteiger partial charge on any atom is -0.494 e. The van der Waals surface area contributed by atoms with Crippen LogP contribution in [0.3, 0.4) is 0 Å². The second-order valence-corrected chi connectivity index (χ2v) is 6.61. The van der Waals surface area contributed by atoms with Crippen molar-refractivity contribution in [2.45, 2.75) is 39.7 Å². The van der Waals surface area contributed by atoms with Crippen LogP contribution in [-0.4, -0.2) is 19.2 Å². The van der Waals surface area contributed by atoms with Gasteiger partial charge in [-0.05, 0) is 44.9 Å². The Bertz CT molecular complexity index is 465. The van der Waals surface area contributed by atoms with Crippen molar-refractivity contribution in [2.75, 3.05) is 13.7 Å². The van der Waals surface area contributed by atoms with E-state index in [0.29, 0.717) is 0 Å². The fourth-order valence-corrected chi connectivity index (χ4v) is 1.96.